The number of benzene rings is 1. The maximum absolute atomic E-state index is 12.3. The molecule has 0 saturated carbocycles. The fourth-order valence-corrected chi connectivity index (χ4v) is 2.80. The number of para-hydroxylation sites is 1. The van der Waals surface area contributed by atoms with E-state index in [2.05, 4.69) is 15.5 Å². The number of anilines is 1. The van der Waals surface area contributed by atoms with Crippen LogP contribution in [0.3, 0.4) is 0 Å². The summed E-state index contributed by atoms with van der Waals surface area (Å²) in [5.41, 5.74) is 1.96. The molecule has 8 heteroatoms. The molecule has 2 aromatic heterocycles. The van der Waals surface area contributed by atoms with Gasteiger partial charge in [0.05, 0.1) is 30.2 Å². The molecule has 1 aliphatic rings. The van der Waals surface area contributed by atoms with Crippen LogP contribution in [-0.4, -0.2) is 27.8 Å². The van der Waals surface area contributed by atoms with Crippen LogP contribution in [0.15, 0.2) is 45.7 Å². The van der Waals surface area contributed by atoms with Crippen LogP contribution in [-0.2, 0) is 11.2 Å². The van der Waals surface area contributed by atoms with E-state index in [1.54, 1.807) is 24.3 Å². The standard InChI is InChI=1S/C18H17N3O5/c22-14-7-9-25-17-12(14)2-1-3-13(17)19-15(23)4-5-16-20-18(21-26-16)11-6-8-24-10-11/h1-3,6,8,10,14,22H,4-5,7,9H2,(H,19,23). The number of furan rings is 1. The molecule has 0 saturated heterocycles. The van der Waals surface area contributed by atoms with Gasteiger partial charge in [0.25, 0.3) is 0 Å². The Balaban J connectivity index is 1.39. The van der Waals surface area contributed by atoms with Crippen molar-refractivity contribution in [3.8, 4) is 17.1 Å². The first-order valence-electron chi connectivity index (χ1n) is 8.29. The van der Waals surface area contributed by atoms with E-state index in [1.807, 2.05) is 0 Å². The Morgan fingerprint density at radius 2 is 2.27 bits per heavy atom. The maximum Gasteiger partial charge on any atom is 0.227 e. The van der Waals surface area contributed by atoms with E-state index in [1.165, 1.54) is 12.5 Å². The fourth-order valence-electron chi connectivity index (χ4n) is 2.80. The summed E-state index contributed by atoms with van der Waals surface area (Å²) in [7, 11) is 0. The SMILES string of the molecule is O=C(CCc1nc(-c2ccoc2)no1)Nc1cccc2c1OCCC2O. The van der Waals surface area contributed by atoms with E-state index in [0.29, 0.717) is 48.2 Å². The van der Waals surface area contributed by atoms with Crippen LogP contribution in [0, 0.1) is 0 Å². The van der Waals surface area contributed by atoms with Gasteiger partial charge >= 0.3 is 0 Å². The first kappa shape index (κ1) is 16.3. The number of hydrogen-bond acceptors (Lipinski definition) is 7. The highest BCUT2D eigenvalue weighted by molar-refractivity contribution is 5.92. The first-order chi connectivity index (χ1) is 12.7. The Labute approximate surface area is 148 Å². The molecule has 3 aromatic rings. The third kappa shape index (κ3) is 3.31. The largest absolute Gasteiger partial charge is 0.491 e. The molecule has 0 radical (unpaired) electrons. The van der Waals surface area contributed by atoms with Gasteiger partial charge in [0.1, 0.15) is 12.0 Å². The van der Waals surface area contributed by atoms with E-state index >= 15 is 0 Å². The minimum atomic E-state index is -0.574. The second-order valence-electron chi connectivity index (χ2n) is 5.95. The Bertz CT molecular complexity index is 903. The van der Waals surface area contributed by atoms with Gasteiger partial charge in [-0.25, -0.2) is 0 Å². The molecule has 0 fully saturated rings. The monoisotopic (exact) mass is 355 g/mol. The number of aliphatic hydroxyl groups is 1. The Kier molecular flexibility index (Phi) is 4.40. The summed E-state index contributed by atoms with van der Waals surface area (Å²) in [6, 6.07) is 7.05. The number of carbonyl (C=O) groups is 1. The number of hydrogen-bond donors (Lipinski definition) is 2. The zero-order chi connectivity index (χ0) is 17.9. The zero-order valence-electron chi connectivity index (χ0n) is 13.8. The topological polar surface area (TPSA) is 111 Å². The van der Waals surface area contributed by atoms with Crippen LogP contribution < -0.4 is 10.1 Å². The lowest BCUT2D eigenvalue weighted by Gasteiger charge is -2.24. The molecule has 8 nitrogen and oxygen atoms in total. The zero-order valence-corrected chi connectivity index (χ0v) is 13.8. The van der Waals surface area contributed by atoms with Gasteiger partial charge in [0, 0.05) is 24.8 Å². The molecule has 0 bridgehead atoms. The average molecular weight is 355 g/mol. The molecule has 134 valence electrons. The van der Waals surface area contributed by atoms with Crippen molar-refractivity contribution in [3.05, 3.63) is 48.2 Å². The minimum Gasteiger partial charge on any atom is -0.491 e. The molecule has 26 heavy (non-hydrogen) atoms. The Hall–Kier alpha value is -3.13. The van der Waals surface area contributed by atoms with Crippen molar-refractivity contribution < 1.29 is 23.6 Å². The summed E-state index contributed by atoms with van der Waals surface area (Å²) in [6.07, 6.45) is 3.51. The average Bonchev–Trinajstić information content (AvgIpc) is 3.32. The number of aliphatic hydroxyl groups excluding tert-OH is 1. The predicted octanol–water partition coefficient (Wildman–Crippen LogP) is 2.72. The van der Waals surface area contributed by atoms with Crippen LogP contribution in [0.25, 0.3) is 11.4 Å². The fraction of sp³-hybridized carbons (Fsp3) is 0.278. The second-order valence-corrected chi connectivity index (χ2v) is 5.95. The molecule has 1 aliphatic heterocycles. The summed E-state index contributed by atoms with van der Waals surface area (Å²) in [6.45, 7) is 0.416. The van der Waals surface area contributed by atoms with Crippen LogP contribution in [0.4, 0.5) is 5.69 Å². The van der Waals surface area contributed by atoms with Gasteiger partial charge in [-0.15, -0.1) is 0 Å². The highest BCUT2D eigenvalue weighted by Crippen LogP contribution is 2.37. The normalized spacial score (nSPS) is 16.0. The summed E-state index contributed by atoms with van der Waals surface area (Å²) in [4.78, 5) is 16.5. The van der Waals surface area contributed by atoms with Crippen molar-refractivity contribution in [3.63, 3.8) is 0 Å². The number of fused-ring (bicyclic) bond motifs is 1. The summed E-state index contributed by atoms with van der Waals surface area (Å²) in [5.74, 6) is 1.12. The number of nitrogens with zero attached hydrogens (tertiary/aromatic N) is 2. The molecule has 1 unspecified atom stereocenters. The van der Waals surface area contributed by atoms with Crippen molar-refractivity contribution in [2.75, 3.05) is 11.9 Å². The van der Waals surface area contributed by atoms with Gasteiger partial charge in [0.15, 0.2) is 0 Å². The lowest BCUT2D eigenvalue weighted by Crippen LogP contribution is -2.18. The smallest absolute Gasteiger partial charge is 0.227 e. The number of aryl methyl sites for hydroxylation is 1. The molecule has 1 atom stereocenters. The van der Waals surface area contributed by atoms with E-state index < -0.39 is 6.10 Å². The van der Waals surface area contributed by atoms with E-state index in [9.17, 15) is 9.90 Å². The van der Waals surface area contributed by atoms with Gasteiger partial charge in [-0.2, -0.15) is 4.98 Å². The minimum absolute atomic E-state index is 0.180. The molecule has 0 aliphatic carbocycles. The lowest BCUT2D eigenvalue weighted by atomic mass is 10.0. The maximum atomic E-state index is 12.3. The van der Waals surface area contributed by atoms with Crippen molar-refractivity contribution in [2.45, 2.75) is 25.4 Å². The van der Waals surface area contributed by atoms with Crippen LogP contribution in [0.2, 0.25) is 0 Å². The Morgan fingerprint density at radius 1 is 1.35 bits per heavy atom. The number of carbonyl (C=O) groups excluding carboxylic acids is 1. The molecular weight excluding hydrogens is 338 g/mol. The van der Waals surface area contributed by atoms with Gasteiger partial charge in [0.2, 0.25) is 17.6 Å². The summed E-state index contributed by atoms with van der Waals surface area (Å²) < 4.78 is 15.7. The van der Waals surface area contributed by atoms with Gasteiger partial charge in [-0.05, 0) is 12.1 Å². The molecule has 2 N–H and O–H groups in total. The van der Waals surface area contributed by atoms with Gasteiger partial charge in [-0.3, -0.25) is 4.79 Å². The highest BCUT2D eigenvalue weighted by Gasteiger charge is 2.22. The molecule has 3 heterocycles. The summed E-state index contributed by atoms with van der Waals surface area (Å²) >= 11 is 0. The van der Waals surface area contributed by atoms with Crippen LogP contribution in [0.5, 0.6) is 5.75 Å². The predicted molar refractivity (Wildman–Crippen MR) is 90.5 cm³/mol. The molecule has 1 aromatic carbocycles. The van der Waals surface area contributed by atoms with Crippen molar-refractivity contribution in [1.82, 2.24) is 10.1 Å². The second kappa shape index (κ2) is 7.01. The lowest BCUT2D eigenvalue weighted by molar-refractivity contribution is -0.116. The van der Waals surface area contributed by atoms with Crippen LogP contribution >= 0.6 is 0 Å². The molecular formula is C18H17N3O5. The number of rotatable bonds is 5. The van der Waals surface area contributed by atoms with Gasteiger partial charge < -0.3 is 24.1 Å². The number of ether oxygens (including phenoxy) is 1. The van der Waals surface area contributed by atoms with E-state index in [4.69, 9.17) is 13.7 Å². The third-order valence-electron chi connectivity index (χ3n) is 4.13. The molecule has 1 amide bonds. The van der Waals surface area contributed by atoms with Gasteiger partial charge in [-0.1, -0.05) is 17.3 Å². The van der Waals surface area contributed by atoms with Crippen molar-refractivity contribution in [1.29, 1.82) is 0 Å². The first-order valence-corrected chi connectivity index (χ1v) is 8.29. The highest BCUT2D eigenvalue weighted by atomic mass is 16.5. The third-order valence-corrected chi connectivity index (χ3v) is 4.13. The Morgan fingerprint density at radius 3 is 3.12 bits per heavy atom. The number of aromatic nitrogens is 2. The quantitative estimate of drug-likeness (QED) is 0.724. The van der Waals surface area contributed by atoms with E-state index in [-0.39, 0.29) is 12.3 Å². The van der Waals surface area contributed by atoms with Crippen LogP contribution in [0.1, 0.15) is 30.4 Å². The van der Waals surface area contributed by atoms with E-state index in [0.717, 1.165) is 5.56 Å². The number of amides is 1. The molecule has 0 spiro atoms. The number of nitrogens with one attached hydrogen (secondary N) is 1. The molecule has 4 rings (SSSR count). The van der Waals surface area contributed by atoms with Crippen molar-refractivity contribution >= 4 is 11.6 Å². The summed E-state index contributed by atoms with van der Waals surface area (Å²) in [5, 5.41) is 16.7. The van der Waals surface area contributed by atoms with Crippen molar-refractivity contribution in [2.24, 2.45) is 0 Å².